The number of rotatable bonds is 5. The zero-order valence-electron chi connectivity index (χ0n) is 10.2. The van der Waals surface area contributed by atoms with Crippen LogP contribution >= 0.6 is 11.8 Å². The van der Waals surface area contributed by atoms with Gasteiger partial charge in [0.25, 0.3) is 0 Å². The normalized spacial score (nSPS) is 21.6. The van der Waals surface area contributed by atoms with Gasteiger partial charge in [-0.3, -0.25) is 4.98 Å². The van der Waals surface area contributed by atoms with Crippen molar-refractivity contribution < 1.29 is 4.39 Å². The quantitative estimate of drug-likeness (QED) is 0.874. The van der Waals surface area contributed by atoms with E-state index in [1.807, 2.05) is 11.8 Å². The molecule has 0 saturated carbocycles. The molecule has 1 aromatic heterocycles. The minimum Gasteiger partial charge on any atom is -0.310 e. The molecule has 4 heteroatoms. The lowest BCUT2D eigenvalue weighted by Gasteiger charge is -2.24. The van der Waals surface area contributed by atoms with Crippen LogP contribution in [0.15, 0.2) is 18.5 Å². The number of hydrogen-bond acceptors (Lipinski definition) is 3. The molecule has 2 unspecified atom stereocenters. The van der Waals surface area contributed by atoms with Crippen LogP contribution in [0.2, 0.25) is 0 Å². The van der Waals surface area contributed by atoms with Gasteiger partial charge < -0.3 is 5.32 Å². The van der Waals surface area contributed by atoms with Gasteiger partial charge in [-0.2, -0.15) is 11.8 Å². The molecule has 1 saturated heterocycles. The Kier molecular flexibility index (Phi) is 4.80. The highest BCUT2D eigenvalue weighted by molar-refractivity contribution is 7.99. The van der Waals surface area contributed by atoms with Crippen LogP contribution in [-0.4, -0.2) is 23.0 Å². The van der Waals surface area contributed by atoms with Crippen LogP contribution in [0, 0.1) is 11.7 Å². The maximum Gasteiger partial charge on any atom is 0.141 e. The standard InChI is InChI=1S/C13H19FN2S/c1-2-4-16-13(10-3-5-17-9-10)11-6-12(14)8-15-7-11/h6-8,10,13,16H,2-5,9H2,1H3. The molecule has 0 bridgehead atoms. The van der Waals surface area contributed by atoms with Gasteiger partial charge in [-0.1, -0.05) is 6.92 Å². The average Bonchev–Trinajstić information content (AvgIpc) is 2.83. The van der Waals surface area contributed by atoms with Crippen molar-refractivity contribution >= 4 is 11.8 Å². The molecule has 0 radical (unpaired) electrons. The van der Waals surface area contributed by atoms with Gasteiger partial charge >= 0.3 is 0 Å². The molecule has 1 N–H and O–H groups in total. The Hall–Kier alpha value is -0.610. The van der Waals surface area contributed by atoms with Crippen LogP contribution in [0.3, 0.4) is 0 Å². The summed E-state index contributed by atoms with van der Waals surface area (Å²) in [7, 11) is 0. The van der Waals surface area contributed by atoms with E-state index < -0.39 is 0 Å². The smallest absolute Gasteiger partial charge is 0.141 e. The Labute approximate surface area is 106 Å². The molecule has 0 spiro atoms. The number of nitrogens with zero attached hydrogens (tertiary/aromatic N) is 1. The second kappa shape index (κ2) is 6.36. The van der Waals surface area contributed by atoms with Crippen molar-refractivity contribution in [3.05, 3.63) is 29.8 Å². The van der Waals surface area contributed by atoms with Gasteiger partial charge in [-0.05, 0) is 48.4 Å². The molecule has 2 atom stereocenters. The van der Waals surface area contributed by atoms with Gasteiger partial charge in [-0.15, -0.1) is 0 Å². The van der Waals surface area contributed by atoms with E-state index >= 15 is 0 Å². The maximum absolute atomic E-state index is 13.2. The van der Waals surface area contributed by atoms with E-state index in [1.54, 1.807) is 12.3 Å². The first-order valence-corrected chi connectivity index (χ1v) is 7.38. The van der Waals surface area contributed by atoms with Crippen molar-refractivity contribution in [2.45, 2.75) is 25.8 Å². The van der Waals surface area contributed by atoms with Crippen molar-refractivity contribution in [2.75, 3.05) is 18.1 Å². The van der Waals surface area contributed by atoms with Gasteiger partial charge in [0, 0.05) is 12.2 Å². The van der Waals surface area contributed by atoms with Crippen LogP contribution in [0.4, 0.5) is 4.39 Å². The molecule has 2 rings (SSSR count). The monoisotopic (exact) mass is 254 g/mol. The van der Waals surface area contributed by atoms with Crippen LogP contribution in [0.25, 0.3) is 0 Å². The lowest BCUT2D eigenvalue weighted by molar-refractivity contribution is 0.391. The first-order chi connectivity index (χ1) is 8.31. The van der Waals surface area contributed by atoms with Crippen LogP contribution in [0.1, 0.15) is 31.4 Å². The fourth-order valence-electron chi connectivity index (χ4n) is 2.27. The number of halogens is 1. The van der Waals surface area contributed by atoms with Gasteiger partial charge in [0.2, 0.25) is 0 Å². The van der Waals surface area contributed by atoms with Crippen LogP contribution in [0.5, 0.6) is 0 Å². The predicted octanol–water partition coefficient (Wildman–Crippen LogP) is 3.01. The first-order valence-electron chi connectivity index (χ1n) is 6.23. The van der Waals surface area contributed by atoms with Crippen molar-refractivity contribution in [3.8, 4) is 0 Å². The second-order valence-electron chi connectivity index (χ2n) is 4.49. The molecule has 1 fully saturated rings. The van der Waals surface area contributed by atoms with Crippen LogP contribution in [-0.2, 0) is 0 Å². The molecule has 0 aliphatic carbocycles. The molecular formula is C13H19FN2S. The maximum atomic E-state index is 13.2. The molecule has 2 heterocycles. The molecule has 0 aromatic carbocycles. The number of pyridine rings is 1. The summed E-state index contributed by atoms with van der Waals surface area (Å²) in [6.45, 7) is 3.12. The third-order valence-corrected chi connectivity index (χ3v) is 4.32. The third kappa shape index (κ3) is 3.42. The van der Waals surface area contributed by atoms with Crippen molar-refractivity contribution in [3.63, 3.8) is 0 Å². The lowest BCUT2D eigenvalue weighted by Crippen LogP contribution is -2.29. The third-order valence-electron chi connectivity index (χ3n) is 3.14. The van der Waals surface area contributed by atoms with E-state index in [2.05, 4.69) is 17.2 Å². The SMILES string of the molecule is CCCNC(c1cncc(F)c1)C1CCSC1. The van der Waals surface area contributed by atoms with Crippen molar-refractivity contribution in [1.82, 2.24) is 10.3 Å². The summed E-state index contributed by atoms with van der Waals surface area (Å²) in [4.78, 5) is 3.96. The van der Waals surface area contributed by atoms with Crippen molar-refractivity contribution in [2.24, 2.45) is 5.92 Å². The predicted molar refractivity (Wildman–Crippen MR) is 70.7 cm³/mol. The Bertz CT molecular complexity index is 353. The van der Waals surface area contributed by atoms with E-state index in [4.69, 9.17) is 0 Å². The van der Waals surface area contributed by atoms with Crippen LogP contribution < -0.4 is 5.32 Å². The Morgan fingerprint density at radius 3 is 3.12 bits per heavy atom. The Morgan fingerprint density at radius 1 is 1.59 bits per heavy atom. The highest BCUT2D eigenvalue weighted by atomic mass is 32.2. The Balaban J connectivity index is 2.13. The van der Waals surface area contributed by atoms with Gasteiger partial charge in [-0.25, -0.2) is 4.39 Å². The highest BCUT2D eigenvalue weighted by Gasteiger charge is 2.26. The number of aromatic nitrogens is 1. The molecule has 1 aromatic rings. The topological polar surface area (TPSA) is 24.9 Å². The molecule has 94 valence electrons. The summed E-state index contributed by atoms with van der Waals surface area (Å²) >= 11 is 1.99. The minimum absolute atomic E-state index is 0.239. The molecule has 1 aliphatic rings. The van der Waals surface area contributed by atoms with Crippen molar-refractivity contribution in [1.29, 1.82) is 0 Å². The largest absolute Gasteiger partial charge is 0.310 e. The van der Waals surface area contributed by atoms with E-state index in [1.165, 1.54) is 18.4 Å². The zero-order chi connectivity index (χ0) is 12.1. The minimum atomic E-state index is -0.239. The van der Waals surface area contributed by atoms with E-state index in [9.17, 15) is 4.39 Å². The summed E-state index contributed by atoms with van der Waals surface area (Å²) in [5.41, 5.74) is 0.992. The zero-order valence-corrected chi connectivity index (χ0v) is 11.0. The summed E-state index contributed by atoms with van der Waals surface area (Å²) in [5, 5.41) is 3.53. The fourth-order valence-corrected chi connectivity index (χ4v) is 3.57. The molecular weight excluding hydrogens is 235 g/mol. The number of thioether (sulfide) groups is 1. The fraction of sp³-hybridized carbons (Fsp3) is 0.615. The molecule has 0 amide bonds. The van der Waals surface area contributed by atoms with E-state index in [0.29, 0.717) is 5.92 Å². The average molecular weight is 254 g/mol. The highest BCUT2D eigenvalue weighted by Crippen LogP contribution is 2.34. The molecule has 2 nitrogen and oxygen atoms in total. The molecule has 17 heavy (non-hydrogen) atoms. The van der Waals surface area contributed by atoms with Gasteiger partial charge in [0.15, 0.2) is 0 Å². The molecule has 1 aliphatic heterocycles. The number of hydrogen-bond donors (Lipinski definition) is 1. The van der Waals surface area contributed by atoms with E-state index in [0.717, 1.165) is 24.3 Å². The Morgan fingerprint density at radius 2 is 2.47 bits per heavy atom. The second-order valence-corrected chi connectivity index (χ2v) is 5.64. The summed E-state index contributed by atoms with van der Waals surface area (Å²) in [6.07, 6.45) is 5.37. The lowest BCUT2D eigenvalue weighted by atomic mass is 9.93. The summed E-state index contributed by atoms with van der Waals surface area (Å²) in [5.74, 6) is 2.75. The summed E-state index contributed by atoms with van der Waals surface area (Å²) < 4.78 is 13.2. The van der Waals surface area contributed by atoms with Gasteiger partial charge in [0.1, 0.15) is 5.82 Å². The van der Waals surface area contributed by atoms with Gasteiger partial charge in [0.05, 0.1) is 6.20 Å². The summed E-state index contributed by atoms with van der Waals surface area (Å²) in [6, 6.07) is 1.87. The first kappa shape index (κ1) is 12.8. The number of nitrogens with one attached hydrogen (secondary N) is 1. The van der Waals surface area contributed by atoms with E-state index in [-0.39, 0.29) is 11.9 Å².